The minimum atomic E-state index is -0.727. The summed E-state index contributed by atoms with van der Waals surface area (Å²) in [5.41, 5.74) is 1.71. The second-order valence-corrected chi connectivity index (χ2v) is 6.53. The van der Waals surface area contributed by atoms with Crippen molar-refractivity contribution in [1.82, 2.24) is 15.0 Å². The van der Waals surface area contributed by atoms with Crippen molar-refractivity contribution in [2.75, 3.05) is 5.32 Å². The summed E-state index contributed by atoms with van der Waals surface area (Å²) in [7, 11) is 0. The summed E-state index contributed by atoms with van der Waals surface area (Å²) in [5.74, 6) is 0.687. The number of nitrogens with zero attached hydrogens (tertiary/aromatic N) is 3. The van der Waals surface area contributed by atoms with Crippen molar-refractivity contribution >= 4 is 28.7 Å². The van der Waals surface area contributed by atoms with E-state index >= 15 is 0 Å². The predicted molar refractivity (Wildman–Crippen MR) is 114 cm³/mol. The van der Waals surface area contributed by atoms with Crippen LogP contribution in [0.1, 0.15) is 11.4 Å². The van der Waals surface area contributed by atoms with Crippen LogP contribution in [0.2, 0.25) is 0 Å². The van der Waals surface area contributed by atoms with E-state index in [0.717, 1.165) is 11.3 Å². The molecule has 0 aliphatic rings. The Hall–Kier alpha value is -3.51. The number of rotatable bonds is 7. The molecule has 1 N–H and O–H groups in total. The van der Waals surface area contributed by atoms with Gasteiger partial charge in [0.25, 0.3) is 0 Å². The van der Waals surface area contributed by atoms with Gasteiger partial charge in [-0.25, -0.2) is 14.4 Å². The van der Waals surface area contributed by atoms with Crippen LogP contribution < -0.4 is 10.1 Å². The number of nitrogens with one attached hydrogen (secondary N) is 1. The number of ether oxygens (including phenoxy) is 1. The lowest BCUT2D eigenvalue weighted by Crippen LogP contribution is -2.04. The van der Waals surface area contributed by atoms with Crippen LogP contribution in [0.3, 0.4) is 0 Å². The third-order valence-corrected chi connectivity index (χ3v) is 3.94. The summed E-state index contributed by atoms with van der Waals surface area (Å²) in [6.07, 6.45) is 6.15. The number of hydrogen-bond acceptors (Lipinski definition) is 5. The van der Waals surface area contributed by atoms with Gasteiger partial charge in [0.15, 0.2) is 17.4 Å². The molecule has 0 saturated carbocycles. The monoisotopic (exact) mass is 408 g/mol. The first-order valence-electron chi connectivity index (χ1n) is 8.63. The molecule has 0 bridgehead atoms. The van der Waals surface area contributed by atoms with E-state index in [1.165, 1.54) is 12.3 Å². The van der Waals surface area contributed by atoms with Crippen LogP contribution in [0.5, 0.6) is 11.5 Å². The zero-order valence-corrected chi connectivity index (χ0v) is 16.4. The minimum absolute atomic E-state index is 0.0331. The normalized spacial score (nSPS) is 11.1. The Morgan fingerprint density at radius 3 is 2.59 bits per heavy atom. The van der Waals surface area contributed by atoms with E-state index in [1.807, 2.05) is 37.3 Å². The quantitative estimate of drug-likeness (QED) is 0.462. The maximum absolute atomic E-state index is 14.0. The van der Waals surface area contributed by atoms with Gasteiger partial charge in [-0.15, -0.1) is 0 Å². The van der Waals surface area contributed by atoms with Gasteiger partial charge in [-0.05, 0) is 36.8 Å². The molecule has 0 unspecified atom stereocenters. The zero-order chi connectivity index (χ0) is 20.8. The molecule has 146 valence electrons. The highest BCUT2D eigenvalue weighted by Crippen LogP contribution is 2.32. The Labute approximate surface area is 173 Å². The summed E-state index contributed by atoms with van der Waals surface area (Å²) in [4.78, 5) is 12.7. The molecule has 0 saturated heterocycles. The molecule has 2 aromatic heterocycles. The summed E-state index contributed by atoms with van der Waals surface area (Å²) in [6, 6.07) is 11.0. The standard InChI is InChI=1S/C22H18ClFN4O/c1-14-12-25-10-9-19(14)27-22-20(29-17-7-5-4-6-8-17)13-26-21(28-22)18(16(3)24)11-15(2)23/h4-13H,2-3H2,1H3,(H,25,26,27,28)/b18-11+. The number of hydrogen-bond donors (Lipinski definition) is 1. The molecule has 2 heterocycles. The fraction of sp³-hybridized carbons (Fsp3) is 0.0455. The van der Waals surface area contributed by atoms with Crippen molar-refractivity contribution in [3.8, 4) is 11.5 Å². The van der Waals surface area contributed by atoms with Gasteiger partial charge in [-0.3, -0.25) is 4.98 Å². The predicted octanol–water partition coefficient (Wildman–Crippen LogP) is 6.34. The maximum Gasteiger partial charge on any atom is 0.188 e. The number of anilines is 2. The molecule has 1 aromatic carbocycles. The van der Waals surface area contributed by atoms with E-state index in [4.69, 9.17) is 16.3 Å². The molecule has 0 radical (unpaired) electrons. The van der Waals surface area contributed by atoms with E-state index in [-0.39, 0.29) is 16.4 Å². The number of benzene rings is 1. The van der Waals surface area contributed by atoms with Crippen molar-refractivity contribution in [2.24, 2.45) is 0 Å². The van der Waals surface area contributed by atoms with Gasteiger partial charge in [-0.2, -0.15) is 0 Å². The summed E-state index contributed by atoms with van der Waals surface area (Å²) >= 11 is 5.81. The molecule has 3 aromatic rings. The number of para-hydroxylation sites is 1. The van der Waals surface area contributed by atoms with Crippen LogP contribution in [-0.2, 0) is 0 Å². The highest BCUT2D eigenvalue weighted by atomic mass is 35.5. The molecule has 5 nitrogen and oxygen atoms in total. The van der Waals surface area contributed by atoms with E-state index in [9.17, 15) is 4.39 Å². The molecule has 29 heavy (non-hydrogen) atoms. The summed E-state index contributed by atoms with van der Waals surface area (Å²) in [5, 5.41) is 3.33. The largest absolute Gasteiger partial charge is 0.452 e. The van der Waals surface area contributed by atoms with Crippen molar-refractivity contribution in [1.29, 1.82) is 0 Å². The lowest BCUT2D eigenvalue weighted by atomic mass is 10.2. The molecule has 0 atom stereocenters. The highest BCUT2D eigenvalue weighted by molar-refractivity contribution is 6.31. The smallest absolute Gasteiger partial charge is 0.188 e. The molecule has 0 amide bonds. The topological polar surface area (TPSA) is 59.9 Å². The number of aryl methyl sites for hydroxylation is 1. The lowest BCUT2D eigenvalue weighted by Gasteiger charge is -2.15. The van der Waals surface area contributed by atoms with Gasteiger partial charge in [0.05, 0.1) is 11.8 Å². The van der Waals surface area contributed by atoms with Crippen LogP contribution in [-0.4, -0.2) is 15.0 Å². The van der Waals surface area contributed by atoms with Crippen LogP contribution in [0.15, 0.2) is 85.1 Å². The fourth-order valence-corrected chi connectivity index (χ4v) is 2.55. The summed E-state index contributed by atoms with van der Waals surface area (Å²) in [6.45, 7) is 8.79. The minimum Gasteiger partial charge on any atom is -0.452 e. The second kappa shape index (κ2) is 9.12. The van der Waals surface area contributed by atoms with Crippen LogP contribution in [0.25, 0.3) is 5.57 Å². The fourth-order valence-electron chi connectivity index (χ4n) is 2.44. The molecule has 0 aliphatic carbocycles. The number of allylic oxidation sites excluding steroid dienone is 4. The average molecular weight is 409 g/mol. The molecule has 3 rings (SSSR count). The van der Waals surface area contributed by atoms with Gasteiger partial charge in [0, 0.05) is 23.1 Å². The Kier molecular flexibility index (Phi) is 6.36. The van der Waals surface area contributed by atoms with Crippen molar-refractivity contribution in [2.45, 2.75) is 6.92 Å². The van der Waals surface area contributed by atoms with Crippen LogP contribution in [0, 0.1) is 6.92 Å². The zero-order valence-electron chi connectivity index (χ0n) is 15.7. The number of halogens is 2. The molecular weight excluding hydrogens is 391 g/mol. The Balaban J connectivity index is 2.07. The van der Waals surface area contributed by atoms with Crippen LogP contribution in [0.4, 0.5) is 15.9 Å². The van der Waals surface area contributed by atoms with Gasteiger partial charge >= 0.3 is 0 Å². The van der Waals surface area contributed by atoms with Crippen LogP contribution >= 0.6 is 11.6 Å². The van der Waals surface area contributed by atoms with E-state index in [0.29, 0.717) is 17.3 Å². The lowest BCUT2D eigenvalue weighted by molar-refractivity contribution is 0.480. The second-order valence-electron chi connectivity index (χ2n) is 6.05. The third kappa shape index (κ3) is 5.27. The van der Waals surface area contributed by atoms with Gasteiger partial charge < -0.3 is 10.1 Å². The van der Waals surface area contributed by atoms with E-state index in [2.05, 4.69) is 33.4 Å². The first kappa shape index (κ1) is 20.2. The number of pyridine rings is 1. The van der Waals surface area contributed by atoms with Crippen molar-refractivity contribution in [3.63, 3.8) is 0 Å². The van der Waals surface area contributed by atoms with E-state index in [1.54, 1.807) is 18.5 Å². The average Bonchev–Trinajstić information content (AvgIpc) is 2.70. The Morgan fingerprint density at radius 2 is 1.93 bits per heavy atom. The Morgan fingerprint density at radius 1 is 1.17 bits per heavy atom. The van der Waals surface area contributed by atoms with E-state index < -0.39 is 5.83 Å². The van der Waals surface area contributed by atoms with Gasteiger partial charge in [-0.1, -0.05) is 43.0 Å². The number of aromatic nitrogens is 3. The highest BCUT2D eigenvalue weighted by Gasteiger charge is 2.16. The first-order chi connectivity index (χ1) is 13.9. The maximum atomic E-state index is 14.0. The molecule has 0 aliphatic heterocycles. The molecule has 7 heteroatoms. The Bertz CT molecular complexity index is 1080. The summed E-state index contributed by atoms with van der Waals surface area (Å²) < 4.78 is 19.9. The first-order valence-corrected chi connectivity index (χ1v) is 9.00. The van der Waals surface area contributed by atoms with Gasteiger partial charge in [0.1, 0.15) is 11.6 Å². The molecule has 0 fully saturated rings. The molecular formula is C22H18ClFN4O. The molecule has 0 spiro atoms. The van der Waals surface area contributed by atoms with Crippen molar-refractivity contribution < 1.29 is 9.13 Å². The van der Waals surface area contributed by atoms with Gasteiger partial charge in [0.2, 0.25) is 0 Å². The SMILES string of the molecule is C=C(Cl)/C=C(\C(=C)F)c1ncc(Oc2ccccc2)c(Nc2ccncc2C)n1. The van der Waals surface area contributed by atoms with Crippen molar-refractivity contribution in [3.05, 3.63) is 96.5 Å². The third-order valence-electron chi connectivity index (χ3n) is 3.83.